The van der Waals surface area contributed by atoms with E-state index < -0.39 is 303 Å². The second kappa shape index (κ2) is 37.2. The first kappa shape index (κ1) is 95.8. The quantitative estimate of drug-likeness (QED) is 0.0132. The lowest BCUT2D eigenvalue weighted by Crippen LogP contribution is -2.71. The second-order valence-corrected chi connectivity index (χ2v) is 37.9. The van der Waals surface area contributed by atoms with Gasteiger partial charge in [0.05, 0.1) is 80.8 Å². The molecule has 5 aliphatic carbocycles. The number of fused-ring (bicyclic) bond motifs is 7. The van der Waals surface area contributed by atoms with E-state index in [0.717, 1.165) is 11.9 Å². The van der Waals surface area contributed by atoms with Gasteiger partial charge in [-0.25, -0.2) is 4.79 Å². The molecule has 18 N–H and O–H groups in total. The lowest BCUT2D eigenvalue weighted by atomic mass is 9.31. The monoisotopic (exact) mass is 1710 g/mol. The zero-order chi connectivity index (χ0) is 87.8. The van der Waals surface area contributed by atoms with Gasteiger partial charge in [-0.2, -0.15) is 0 Å². The number of carboxylic acid groups (broad SMARTS) is 1. The van der Waals surface area contributed by atoms with Gasteiger partial charge >= 0.3 is 23.9 Å². The van der Waals surface area contributed by atoms with E-state index in [1.54, 1.807) is 20.8 Å². The molecule has 6 saturated heterocycles. The molecule has 11 aliphatic rings. The van der Waals surface area contributed by atoms with Crippen molar-refractivity contribution >= 4 is 30.2 Å². The third-order valence-electron chi connectivity index (χ3n) is 29.9. The van der Waals surface area contributed by atoms with E-state index in [1.807, 2.05) is 20.8 Å². The topological polar surface area (TPSA) is 579 Å². The van der Waals surface area contributed by atoms with Crippen LogP contribution in [-0.2, 0) is 90.3 Å². The molecule has 6 heterocycles. The number of allylic oxidation sites excluding steroid dienone is 2. The van der Waals surface area contributed by atoms with Crippen LogP contribution in [0.2, 0.25) is 0 Å². The molecule has 4 saturated carbocycles. The highest BCUT2D eigenvalue weighted by molar-refractivity contribution is 5.81. The summed E-state index contributed by atoms with van der Waals surface area (Å²) in [6.45, 7) is 22.7. The lowest BCUT2D eigenvalue weighted by molar-refractivity contribution is -0.378. The molecule has 37 nitrogen and oxygen atoms in total. The molecule has 37 heteroatoms. The number of ether oxygens (including phenoxy) is 14. The van der Waals surface area contributed by atoms with Crippen LogP contribution >= 0.6 is 0 Å². The van der Waals surface area contributed by atoms with E-state index in [4.69, 9.17) is 66.3 Å². The largest absolute Gasteiger partial charge is 0.479 e. The number of carboxylic acids is 1. The normalized spacial score (nSPS) is 48.2. The van der Waals surface area contributed by atoms with Gasteiger partial charge in [-0.3, -0.25) is 14.4 Å². The average molecular weight is 1710 g/mol. The van der Waals surface area contributed by atoms with E-state index in [9.17, 15) is 111 Å². The number of rotatable bonds is 29. The van der Waals surface area contributed by atoms with E-state index in [2.05, 4.69) is 40.7 Å². The molecule has 0 aromatic heterocycles. The van der Waals surface area contributed by atoms with Crippen LogP contribution in [0.15, 0.2) is 11.6 Å². The summed E-state index contributed by atoms with van der Waals surface area (Å²) in [7, 11) is 0. The molecule has 6 aliphatic heterocycles. The van der Waals surface area contributed by atoms with Crippen molar-refractivity contribution in [2.75, 3.05) is 19.8 Å². The first-order valence-electron chi connectivity index (χ1n) is 42.3. The van der Waals surface area contributed by atoms with Crippen LogP contribution in [0, 0.1) is 61.6 Å². The van der Waals surface area contributed by atoms with Crippen molar-refractivity contribution in [3.63, 3.8) is 0 Å². The maximum Gasteiger partial charge on any atom is 0.335 e. The number of aliphatic hydroxyl groups is 17. The summed E-state index contributed by atoms with van der Waals surface area (Å²) in [5.41, 5.74) is -5.96. The molecule has 0 aromatic carbocycles. The molecule has 10 fully saturated rings. The maximum atomic E-state index is 16.3. The van der Waals surface area contributed by atoms with Gasteiger partial charge in [-0.1, -0.05) is 101 Å². The summed E-state index contributed by atoms with van der Waals surface area (Å²) in [4.78, 5) is 70.2. The lowest BCUT2D eigenvalue weighted by Gasteiger charge is -2.73. The summed E-state index contributed by atoms with van der Waals surface area (Å²) >= 11 is 0. The summed E-state index contributed by atoms with van der Waals surface area (Å²) in [6.07, 6.45) is -49.0. The third-order valence-corrected chi connectivity index (χ3v) is 29.9. The Bertz CT molecular complexity index is 3500. The van der Waals surface area contributed by atoms with Gasteiger partial charge in [0, 0.05) is 18.3 Å². The Morgan fingerprint density at radius 1 is 0.546 bits per heavy atom. The molecular formula is C82H132O37. The Balaban J connectivity index is 0.833. The zero-order valence-corrected chi connectivity index (χ0v) is 70.1. The van der Waals surface area contributed by atoms with Crippen molar-refractivity contribution in [3.05, 3.63) is 11.6 Å². The fourth-order valence-electron chi connectivity index (χ4n) is 22.3. The summed E-state index contributed by atoms with van der Waals surface area (Å²) < 4.78 is 83.7. The highest BCUT2D eigenvalue weighted by atomic mass is 16.8. The number of carbonyl (C=O) groups is 5. The molecule has 0 spiro atoms. The fourth-order valence-corrected chi connectivity index (χ4v) is 22.3. The van der Waals surface area contributed by atoms with Gasteiger partial charge < -0.3 is 163 Å². The van der Waals surface area contributed by atoms with Crippen molar-refractivity contribution in [3.8, 4) is 0 Å². The van der Waals surface area contributed by atoms with Crippen molar-refractivity contribution in [2.45, 2.75) is 389 Å². The van der Waals surface area contributed by atoms with Crippen molar-refractivity contribution in [1.82, 2.24) is 0 Å². The minimum Gasteiger partial charge on any atom is -0.479 e. The highest BCUT2D eigenvalue weighted by Crippen LogP contribution is 2.79. The minimum absolute atomic E-state index is 0.0218. The molecule has 0 radical (unpaired) electrons. The van der Waals surface area contributed by atoms with Crippen molar-refractivity contribution in [2.24, 2.45) is 61.6 Å². The Morgan fingerprint density at radius 3 is 1.74 bits per heavy atom. The van der Waals surface area contributed by atoms with Gasteiger partial charge in [-0.05, 0) is 117 Å². The molecule has 7 unspecified atom stereocenters. The van der Waals surface area contributed by atoms with Gasteiger partial charge in [-0.15, -0.1) is 0 Å². The average Bonchev–Trinajstić information content (AvgIpc) is 0.951. The molecule has 11 rings (SSSR count). The maximum absolute atomic E-state index is 16.3. The smallest absolute Gasteiger partial charge is 0.335 e. The molecule has 0 amide bonds. The van der Waals surface area contributed by atoms with Gasteiger partial charge in [0.1, 0.15) is 115 Å². The predicted octanol–water partition coefficient (Wildman–Crippen LogP) is -1.58. The SMILES string of the molecule is CC[C@@H](C)C(C[C@@H](O)CC(=O)O[C@@H]1[C@H](O)[C@@H](O[C@@H]2O[C@@H](C)[C@H](O[C@@H]3OC[C@@H](O)[C@H](O[C@@H]4OC[C@@H](O)[C@H](O)C4O)C3O)C(O)[C@H]2O)[C@H](OC(=O)[C@]23CCC(C)(C)C[C@@]2(C)C2=CCC4[C@@]5(C)CC[C@H](O[C@@H]6O[C@H](C(=O)O)[C@@H](O)[C@H](O)[C@H]6O)[C@@](C)(C=O)C5CC[C@@]4(C)[C@]2(C)C[C@H]3O)O[C@@H]1C)OC(=O)C[C@H](O)CC(O[C@H]1O[C@H](CO)[C@@H](O)[C@@H]1O)[C@H](C)CC. The molecular weight excluding hydrogens is 1580 g/mol. The summed E-state index contributed by atoms with van der Waals surface area (Å²) in [5.74, 6) is -5.77. The number of hydrogen-bond acceptors (Lipinski definition) is 36. The van der Waals surface area contributed by atoms with Crippen LogP contribution in [0.25, 0.3) is 0 Å². The van der Waals surface area contributed by atoms with E-state index in [-0.39, 0.29) is 49.9 Å². The standard InChI is InChI=1S/C82H132O37/c1-14-34(3)42(110-50(90)26-39(86)25-43(35(4)15-2)111-72-58(98)53(93)44(29-83)112-72)24-38(85)27-51(91)114-64-37(6)109-74(67(61(64)101)118-71-60(100)56(96)63(36(5)108-71)115-70-62(102)65(41(88)31-107-70)116-69-57(97)52(92)40(87)30-106-69)119-75(105)82-23-22-76(7,8)32-81(82,13)47-17-16-46-77(9)20-19-49(113-73-59(99)54(94)55(95)66(117-73)68(103)104)78(10,33-84)45(77)18-21-79(46,11)80(47,12)28-48(82)89/h17,33-46,48-49,52-67,69-74,83,85-89,92-102H,14-16,18-32H2,1-13H3,(H,103,104)/t34-,35-,36+,37-,38-,39-,40-,41-,42?,43?,44-,45?,46?,48-,49+,52+,53-,54+,55+,56?,57?,58+,59-,60-,61+,62?,63+,64+,65+,66+,67-,69+,70+,71+,72+,73-,74+,77+,78+,79-,80-,81+,82-/m1/s1. The molecule has 0 aromatic rings. The van der Waals surface area contributed by atoms with Crippen molar-refractivity contribution in [1.29, 1.82) is 0 Å². The van der Waals surface area contributed by atoms with E-state index >= 15 is 4.79 Å². The number of aldehydes is 1. The zero-order valence-electron chi connectivity index (χ0n) is 70.1. The molecule has 119 heavy (non-hydrogen) atoms. The Kier molecular flexibility index (Phi) is 30.0. The van der Waals surface area contributed by atoms with Gasteiger partial charge in [0.25, 0.3) is 0 Å². The Labute approximate surface area is 691 Å². The van der Waals surface area contributed by atoms with Crippen LogP contribution < -0.4 is 0 Å². The highest BCUT2D eigenvalue weighted by Gasteiger charge is 2.76. The fraction of sp³-hybridized carbons (Fsp3) is 0.915. The van der Waals surface area contributed by atoms with Crippen LogP contribution in [0.3, 0.4) is 0 Å². The number of esters is 3. The number of aliphatic hydroxyl groups excluding tert-OH is 17. The number of aliphatic carboxylic acids is 1. The Hall–Kier alpha value is -3.83. The van der Waals surface area contributed by atoms with Gasteiger partial charge in [0.15, 0.2) is 49.8 Å². The minimum atomic E-state index is -2.16. The molecule has 682 valence electrons. The second-order valence-electron chi connectivity index (χ2n) is 37.9. The first-order chi connectivity index (χ1) is 55.7. The Morgan fingerprint density at radius 2 is 1.11 bits per heavy atom. The molecule has 0 bridgehead atoms. The summed E-state index contributed by atoms with van der Waals surface area (Å²) in [6, 6.07) is 0. The van der Waals surface area contributed by atoms with Crippen LogP contribution in [-0.4, -0.2) is 344 Å². The number of hydrogen-bond donors (Lipinski definition) is 18. The third kappa shape index (κ3) is 18.0. The van der Waals surface area contributed by atoms with Crippen LogP contribution in [0.4, 0.5) is 0 Å². The number of carbonyl (C=O) groups excluding carboxylic acids is 4. The van der Waals surface area contributed by atoms with E-state index in [1.165, 1.54) is 13.8 Å². The van der Waals surface area contributed by atoms with Crippen molar-refractivity contribution < 1.29 is 182 Å². The predicted molar refractivity (Wildman–Crippen MR) is 403 cm³/mol. The van der Waals surface area contributed by atoms with Crippen LogP contribution in [0.1, 0.15) is 186 Å². The van der Waals surface area contributed by atoms with E-state index in [0.29, 0.717) is 51.4 Å². The van der Waals surface area contributed by atoms with Gasteiger partial charge in [0.2, 0.25) is 6.29 Å². The first-order valence-corrected chi connectivity index (χ1v) is 42.3. The summed E-state index contributed by atoms with van der Waals surface area (Å²) in [5, 5.41) is 199. The van der Waals surface area contributed by atoms with Crippen LogP contribution in [0.5, 0.6) is 0 Å². The molecule has 43 atom stereocenters.